The molecule has 0 N–H and O–H groups in total. The van der Waals surface area contributed by atoms with Gasteiger partial charge in [0.05, 0.1) is 14.2 Å². The average molecular weight is 304 g/mol. The molecule has 2 heterocycles. The summed E-state index contributed by atoms with van der Waals surface area (Å²) in [7, 11) is 3.23. The van der Waals surface area contributed by atoms with Crippen molar-refractivity contribution in [1.29, 1.82) is 0 Å². The Balaban J connectivity index is 1.75. The Morgan fingerprint density at radius 1 is 1.23 bits per heavy atom. The zero-order chi connectivity index (χ0) is 15.5. The van der Waals surface area contributed by atoms with E-state index in [4.69, 9.17) is 18.7 Å². The number of ether oxygens (including phenoxy) is 3. The quantitative estimate of drug-likeness (QED) is 0.846. The van der Waals surface area contributed by atoms with E-state index in [0.717, 1.165) is 18.6 Å². The van der Waals surface area contributed by atoms with Gasteiger partial charge >= 0.3 is 0 Å². The van der Waals surface area contributed by atoms with Gasteiger partial charge in [-0.3, -0.25) is 0 Å². The van der Waals surface area contributed by atoms with Crippen molar-refractivity contribution in [2.45, 2.75) is 25.9 Å². The summed E-state index contributed by atoms with van der Waals surface area (Å²) in [6.07, 6.45) is 1.52. The van der Waals surface area contributed by atoms with E-state index in [-0.39, 0.29) is 6.10 Å². The lowest BCUT2D eigenvalue weighted by Gasteiger charge is -2.08. The van der Waals surface area contributed by atoms with Crippen molar-refractivity contribution in [2.24, 2.45) is 5.92 Å². The van der Waals surface area contributed by atoms with Crippen molar-refractivity contribution in [3.63, 3.8) is 0 Å². The van der Waals surface area contributed by atoms with Gasteiger partial charge in [-0.25, -0.2) is 0 Å². The monoisotopic (exact) mass is 304 g/mol. The molecular weight excluding hydrogens is 284 g/mol. The molecular formula is C16H20N2O4. The van der Waals surface area contributed by atoms with E-state index in [1.54, 1.807) is 14.2 Å². The van der Waals surface area contributed by atoms with Crippen molar-refractivity contribution in [2.75, 3.05) is 20.8 Å². The number of hydrogen-bond donors (Lipinski definition) is 0. The molecule has 0 radical (unpaired) electrons. The molecule has 118 valence electrons. The highest BCUT2D eigenvalue weighted by Crippen LogP contribution is 2.33. The Morgan fingerprint density at radius 2 is 2.05 bits per heavy atom. The molecule has 0 bridgehead atoms. The van der Waals surface area contributed by atoms with Crippen LogP contribution in [0.2, 0.25) is 0 Å². The van der Waals surface area contributed by atoms with Gasteiger partial charge in [0.2, 0.25) is 0 Å². The lowest BCUT2D eigenvalue weighted by molar-refractivity contribution is 0.0661. The van der Waals surface area contributed by atoms with Crippen molar-refractivity contribution in [3.05, 3.63) is 35.5 Å². The molecule has 0 saturated carbocycles. The molecule has 1 aromatic heterocycles. The zero-order valence-corrected chi connectivity index (χ0v) is 13.0. The van der Waals surface area contributed by atoms with Gasteiger partial charge in [0.1, 0.15) is 6.10 Å². The topological polar surface area (TPSA) is 66.6 Å². The van der Waals surface area contributed by atoms with Crippen LogP contribution in [0.15, 0.2) is 22.7 Å². The fourth-order valence-corrected chi connectivity index (χ4v) is 2.64. The van der Waals surface area contributed by atoms with Crippen molar-refractivity contribution in [1.82, 2.24) is 10.1 Å². The standard InChI is InChI=1S/C16H20N2O4/c1-10-6-7-21-15(10)16-17-14(18-22-16)9-11-4-5-12(19-2)13(8-11)20-3/h4-5,8,10,15H,6-7,9H2,1-3H3/t10-,15+/m1/s1. The summed E-state index contributed by atoms with van der Waals surface area (Å²) in [5.41, 5.74) is 1.03. The molecule has 1 aliphatic rings. The number of nitrogens with zero attached hydrogens (tertiary/aromatic N) is 2. The first kappa shape index (κ1) is 14.8. The van der Waals surface area contributed by atoms with E-state index in [1.807, 2.05) is 18.2 Å². The van der Waals surface area contributed by atoms with Crippen LogP contribution in [0.5, 0.6) is 11.5 Å². The van der Waals surface area contributed by atoms with E-state index in [2.05, 4.69) is 17.1 Å². The van der Waals surface area contributed by atoms with Gasteiger partial charge in [-0.1, -0.05) is 18.1 Å². The lowest BCUT2D eigenvalue weighted by Crippen LogP contribution is -2.04. The molecule has 0 unspecified atom stereocenters. The maximum Gasteiger partial charge on any atom is 0.256 e. The van der Waals surface area contributed by atoms with Crippen LogP contribution >= 0.6 is 0 Å². The van der Waals surface area contributed by atoms with Crippen LogP contribution in [-0.4, -0.2) is 31.0 Å². The van der Waals surface area contributed by atoms with E-state index in [0.29, 0.717) is 35.6 Å². The summed E-state index contributed by atoms with van der Waals surface area (Å²) in [6.45, 7) is 2.88. The zero-order valence-electron chi connectivity index (χ0n) is 13.0. The van der Waals surface area contributed by atoms with Crippen LogP contribution in [0.3, 0.4) is 0 Å². The van der Waals surface area contributed by atoms with Crippen LogP contribution < -0.4 is 9.47 Å². The molecule has 22 heavy (non-hydrogen) atoms. The molecule has 1 saturated heterocycles. The summed E-state index contributed by atoms with van der Waals surface area (Å²) < 4.78 is 21.5. The first-order valence-electron chi connectivity index (χ1n) is 7.36. The molecule has 0 spiro atoms. The Bertz CT molecular complexity index is 641. The molecule has 0 amide bonds. The minimum Gasteiger partial charge on any atom is -0.493 e. The fraction of sp³-hybridized carbons (Fsp3) is 0.500. The van der Waals surface area contributed by atoms with Crippen LogP contribution in [-0.2, 0) is 11.2 Å². The third kappa shape index (κ3) is 2.92. The summed E-state index contributed by atoms with van der Waals surface area (Å²) >= 11 is 0. The second kappa shape index (κ2) is 6.36. The molecule has 2 aromatic rings. The van der Waals surface area contributed by atoms with Crippen molar-refractivity contribution in [3.8, 4) is 11.5 Å². The van der Waals surface area contributed by atoms with E-state index in [9.17, 15) is 0 Å². The van der Waals surface area contributed by atoms with Gasteiger partial charge in [0.25, 0.3) is 5.89 Å². The molecule has 1 aromatic carbocycles. The second-order valence-electron chi connectivity index (χ2n) is 5.47. The molecule has 2 atom stereocenters. The van der Waals surface area contributed by atoms with Gasteiger partial charge in [-0.2, -0.15) is 4.98 Å². The maximum absolute atomic E-state index is 5.65. The number of rotatable bonds is 5. The highest BCUT2D eigenvalue weighted by atomic mass is 16.5. The smallest absolute Gasteiger partial charge is 0.256 e. The Labute approximate surface area is 129 Å². The summed E-state index contributed by atoms with van der Waals surface area (Å²) in [4.78, 5) is 4.46. The van der Waals surface area contributed by atoms with Crippen molar-refractivity contribution < 1.29 is 18.7 Å². The number of hydrogen-bond acceptors (Lipinski definition) is 6. The normalized spacial score (nSPS) is 21.0. The first-order valence-corrected chi connectivity index (χ1v) is 7.36. The SMILES string of the molecule is COc1ccc(Cc2noc([C@H]3OCC[C@H]3C)n2)cc1OC. The van der Waals surface area contributed by atoms with E-state index in [1.165, 1.54) is 0 Å². The summed E-state index contributed by atoms with van der Waals surface area (Å²) in [6, 6.07) is 5.76. The first-order chi connectivity index (χ1) is 10.7. The lowest BCUT2D eigenvalue weighted by atomic mass is 10.0. The number of aromatic nitrogens is 2. The van der Waals surface area contributed by atoms with E-state index >= 15 is 0 Å². The maximum atomic E-state index is 5.65. The number of methoxy groups -OCH3 is 2. The van der Waals surface area contributed by atoms with Gasteiger partial charge in [-0.15, -0.1) is 0 Å². The molecule has 6 heteroatoms. The predicted molar refractivity (Wildman–Crippen MR) is 79.1 cm³/mol. The number of benzene rings is 1. The highest BCUT2D eigenvalue weighted by molar-refractivity contribution is 5.43. The van der Waals surface area contributed by atoms with Crippen LogP contribution in [0.1, 0.15) is 36.7 Å². The Hall–Kier alpha value is -2.08. The second-order valence-corrected chi connectivity index (χ2v) is 5.47. The van der Waals surface area contributed by atoms with Crippen LogP contribution in [0.4, 0.5) is 0 Å². The molecule has 1 fully saturated rings. The summed E-state index contributed by atoms with van der Waals surface area (Å²) in [5, 5.41) is 4.05. The van der Waals surface area contributed by atoms with Gasteiger partial charge in [0, 0.05) is 13.0 Å². The largest absolute Gasteiger partial charge is 0.493 e. The van der Waals surface area contributed by atoms with Crippen LogP contribution in [0.25, 0.3) is 0 Å². The minimum absolute atomic E-state index is 0.0772. The molecule has 0 aliphatic carbocycles. The third-order valence-corrected chi connectivity index (χ3v) is 3.92. The Kier molecular flexibility index (Phi) is 4.29. The highest BCUT2D eigenvalue weighted by Gasteiger charge is 2.30. The Morgan fingerprint density at radius 3 is 2.73 bits per heavy atom. The molecule has 6 nitrogen and oxygen atoms in total. The van der Waals surface area contributed by atoms with Gasteiger partial charge in [-0.05, 0) is 30.0 Å². The van der Waals surface area contributed by atoms with Gasteiger partial charge < -0.3 is 18.7 Å². The van der Waals surface area contributed by atoms with E-state index < -0.39 is 0 Å². The minimum atomic E-state index is -0.0772. The van der Waals surface area contributed by atoms with Crippen LogP contribution in [0, 0.1) is 5.92 Å². The molecule has 1 aliphatic heterocycles. The predicted octanol–water partition coefficient (Wildman–Crippen LogP) is 2.78. The van der Waals surface area contributed by atoms with Gasteiger partial charge in [0.15, 0.2) is 17.3 Å². The van der Waals surface area contributed by atoms with Crippen molar-refractivity contribution >= 4 is 0 Å². The molecule has 3 rings (SSSR count). The fourth-order valence-electron chi connectivity index (χ4n) is 2.64. The third-order valence-electron chi connectivity index (χ3n) is 3.92. The average Bonchev–Trinajstić information content (AvgIpc) is 3.15. The summed E-state index contributed by atoms with van der Waals surface area (Å²) in [5.74, 6) is 3.02.